The van der Waals surface area contributed by atoms with Gasteiger partial charge in [0.05, 0.1) is 0 Å². The lowest BCUT2D eigenvalue weighted by Crippen LogP contribution is -2.30. The van der Waals surface area contributed by atoms with Crippen LogP contribution in [-0.2, 0) is 4.79 Å². The molecular formula is C18H18N2O4. The maximum Gasteiger partial charge on any atom is 0.341 e. The van der Waals surface area contributed by atoms with Crippen LogP contribution in [0.15, 0.2) is 41.3 Å². The van der Waals surface area contributed by atoms with Crippen molar-refractivity contribution in [3.05, 3.63) is 58.0 Å². The van der Waals surface area contributed by atoms with Crippen molar-refractivity contribution in [2.75, 3.05) is 4.90 Å². The van der Waals surface area contributed by atoms with Crippen molar-refractivity contribution in [2.45, 2.75) is 32.7 Å². The van der Waals surface area contributed by atoms with Gasteiger partial charge in [-0.05, 0) is 56.2 Å². The van der Waals surface area contributed by atoms with Crippen LogP contribution in [0.4, 0.5) is 5.69 Å². The number of carboxylic acid groups (broad SMARTS) is 1. The van der Waals surface area contributed by atoms with E-state index >= 15 is 0 Å². The Bertz CT molecular complexity index is 868. The van der Waals surface area contributed by atoms with Crippen LogP contribution in [0.1, 0.15) is 35.7 Å². The van der Waals surface area contributed by atoms with Gasteiger partial charge in [-0.3, -0.25) is 14.2 Å². The Balaban J connectivity index is 2.01. The number of amides is 1. The molecule has 24 heavy (non-hydrogen) atoms. The molecule has 6 nitrogen and oxygen atoms in total. The third-order valence-electron chi connectivity index (χ3n) is 4.41. The number of pyridine rings is 1. The highest BCUT2D eigenvalue weighted by molar-refractivity contribution is 5.96. The Kier molecular flexibility index (Phi) is 3.97. The second-order valence-corrected chi connectivity index (χ2v) is 6.02. The summed E-state index contributed by atoms with van der Waals surface area (Å²) in [5.41, 5.74) is 0.973. The van der Waals surface area contributed by atoms with E-state index in [1.165, 1.54) is 4.57 Å². The fourth-order valence-electron chi connectivity index (χ4n) is 3.09. The van der Waals surface area contributed by atoms with Gasteiger partial charge in [-0.25, -0.2) is 4.79 Å². The molecule has 3 rings (SSSR count). The fraction of sp³-hybridized carbons (Fsp3) is 0.278. The van der Waals surface area contributed by atoms with Crippen LogP contribution >= 0.6 is 0 Å². The second-order valence-electron chi connectivity index (χ2n) is 6.02. The number of aryl methyl sites for hydroxylation is 1. The number of benzene rings is 1. The summed E-state index contributed by atoms with van der Waals surface area (Å²) in [4.78, 5) is 37.4. The van der Waals surface area contributed by atoms with Gasteiger partial charge in [0.2, 0.25) is 5.91 Å². The van der Waals surface area contributed by atoms with Gasteiger partial charge in [0, 0.05) is 30.0 Å². The van der Waals surface area contributed by atoms with E-state index in [9.17, 15) is 19.5 Å². The normalized spacial score (nSPS) is 17.3. The number of carboxylic acids is 1. The van der Waals surface area contributed by atoms with Crippen molar-refractivity contribution >= 4 is 17.6 Å². The molecule has 1 unspecified atom stereocenters. The lowest BCUT2D eigenvalue weighted by Gasteiger charge is -2.22. The minimum absolute atomic E-state index is 0.0934. The first-order valence-electron chi connectivity index (χ1n) is 7.78. The average Bonchev–Trinajstić information content (AvgIpc) is 2.86. The Morgan fingerprint density at radius 2 is 1.75 bits per heavy atom. The minimum Gasteiger partial charge on any atom is -0.477 e. The molecule has 1 saturated heterocycles. The zero-order valence-corrected chi connectivity index (χ0v) is 13.5. The van der Waals surface area contributed by atoms with Gasteiger partial charge in [-0.2, -0.15) is 0 Å². The molecule has 1 aromatic carbocycles. The highest BCUT2D eigenvalue weighted by atomic mass is 16.4. The molecule has 6 heteroatoms. The topological polar surface area (TPSA) is 79.6 Å². The maximum atomic E-state index is 12.4. The molecule has 0 spiro atoms. The summed E-state index contributed by atoms with van der Waals surface area (Å²) >= 11 is 0. The van der Waals surface area contributed by atoms with E-state index in [1.54, 1.807) is 48.4 Å². The standard InChI is InChI=1S/C18H18N2O4/c1-11-9-10-19(17(22)16(11)18(23)24)13-4-6-14(7-5-13)20-12(2)3-8-15(20)21/h4-7,9-10,12H,3,8H2,1-2H3,(H,23,24). The second kappa shape index (κ2) is 5.96. The van der Waals surface area contributed by atoms with Crippen molar-refractivity contribution in [1.29, 1.82) is 0 Å². The first-order chi connectivity index (χ1) is 11.4. The molecule has 0 bridgehead atoms. The molecule has 1 aliphatic heterocycles. The summed E-state index contributed by atoms with van der Waals surface area (Å²) in [6, 6.07) is 8.75. The molecule has 0 aliphatic carbocycles. The zero-order valence-electron chi connectivity index (χ0n) is 13.5. The molecule has 1 N–H and O–H groups in total. The molecular weight excluding hydrogens is 308 g/mol. The van der Waals surface area contributed by atoms with Gasteiger partial charge in [0.25, 0.3) is 5.56 Å². The first-order valence-corrected chi connectivity index (χ1v) is 7.78. The molecule has 0 radical (unpaired) electrons. The van der Waals surface area contributed by atoms with E-state index < -0.39 is 11.5 Å². The fourth-order valence-corrected chi connectivity index (χ4v) is 3.09. The average molecular weight is 326 g/mol. The summed E-state index contributed by atoms with van der Waals surface area (Å²) in [6.07, 6.45) is 2.94. The van der Waals surface area contributed by atoms with Crippen molar-refractivity contribution in [2.24, 2.45) is 0 Å². The van der Waals surface area contributed by atoms with Gasteiger partial charge in [-0.1, -0.05) is 0 Å². The van der Waals surface area contributed by atoms with Crippen molar-refractivity contribution in [3.63, 3.8) is 0 Å². The quantitative estimate of drug-likeness (QED) is 0.939. The number of carbonyl (C=O) groups excluding carboxylic acids is 1. The summed E-state index contributed by atoms with van der Waals surface area (Å²) in [6.45, 7) is 3.60. The van der Waals surface area contributed by atoms with Crippen molar-refractivity contribution < 1.29 is 14.7 Å². The van der Waals surface area contributed by atoms with Gasteiger partial charge in [0.15, 0.2) is 0 Å². The predicted molar refractivity (Wildman–Crippen MR) is 89.9 cm³/mol. The van der Waals surface area contributed by atoms with Crippen molar-refractivity contribution in [3.8, 4) is 5.69 Å². The van der Waals surface area contributed by atoms with E-state index in [0.29, 0.717) is 17.7 Å². The van der Waals surface area contributed by atoms with Crippen LogP contribution in [0.25, 0.3) is 5.69 Å². The van der Waals surface area contributed by atoms with E-state index in [-0.39, 0.29) is 17.5 Å². The number of aromatic nitrogens is 1. The number of anilines is 1. The Morgan fingerprint density at radius 1 is 1.12 bits per heavy atom. The SMILES string of the molecule is Cc1ccn(-c2ccc(N3C(=O)CCC3C)cc2)c(=O)c1C(=O)O. The van der Waals surface area contributed by atoms with Crippen LogP contribution in [-0.4, -0.2) is 27.6 Å². The lowest BCUT2D eigenvalue weighted by molar-refractivity contribution is -0.117. The lowest BCUT2D eigenvalue weighted by atomic mass is 10.1. The number of nitrogens with zero attached hydrogens (tertiary/aromatic N) is 2. The third kappa shape index (κ3) is 2.60. The number of hydrogen-bond donors (Lipinski definition) is 1. The number of carbonyl (C=O) groups is 2. The van der Waals surface area contributed by atoms with Crippen LogP contribution in [0, 0.1) is 6.92 Å². The van der Waals surface area contributed by atoms with Crippen molar-refractivity contribution in [1.82, 2.24) is 4.57 Å². The van der Waals surface area contributed by atoms with Crippen LogP contribution < -0.4 is 10.5 Å². The minimum atomic E-state index is -1.24. The molecule has 1 aromatic heterocycles. The largest absolute Gasteiger partial charge is 0.477 e. The predicted octanol–water partition coefficient (Wildman–Crippen LogP) is 2.36. The van der Waals surface area contributed by atoms with Gasteiger partial charge in [-0.15, -0.1) is 0 Å². The third-order valence-corrected chi connectivity index (χ3v) is 4.41. The van der Waals surface area contributed by atoms with E-state index in [0.717, 1.165) is 12.1 Å². The zero-order chi connectivity index (χ0) is 17.4. The maximum absolute atomic E-state index is 12.4. The molecule has 2 heterocycles. The van der Waals surface area contributed by atoms with Crippen LogP contribution in [0.3, 0.4) is 0 Å². The summed E-state index contributed by atoms with van der Waals surface area (Å²) in [5.74, 6) is -1.14. The van der Waals surface area contributed by atoms with Crippen LogP contribution in [0.2, 0.25) is 0 Å². The summed E-state index contributed by atoms with van der Waals surface area (Å²) in [7, 11) is 0. The van der Waals surface area contributed by atoms with Crippen LogP contribution in [0.5, 0.6) is 0 Å². The van der Waals surface area contributed by atoms with Gasteiger partial charge in [0.1, 0.15) is 5.56 Å². The van der Waals surface area contributed by atoms with E-state index in [1.807, 2.05) is 6.92 Å². The highest BCUT2D eigenvalue weighted by Gasteiger charge is 2.28. The Morgan fingerprint density at radius 3 is 2.29 bits per heavy atom. The van der Waals surface area contributed by atoms with E-state index in [2.05, 4.69) is 0 Å². The Labute approximate surface area is 139 Å². The van der Waals surface area contributed by atoms with Gasteiger partial charge < -0.3 is 10.0 Å². The summed E-state index contributed by atoms with van der Waals surface area (Å²) < 4.78 is 1.30. The number of aromatic carboxylic acids is 1. The molecule has 1 aliphatic rings. The van der Waals surface area contributed by atoms with E-state index in [4.69, 9.17) is 0 Å². The number of rotatable bonds is 3. The smallest absolute Gasteiger partial charge is 0.341 e. The molecule has 2 aromatic rings. The molecule has 0 saturated carbocycles. The monoisotopic (exact) mass is 326 g/mol. The molecule has 1 fully saturated rings. The molecule has 1 amide bonds. The Hall–Kier alpha value is -2.89. The summed E-state index contributed by atoms with van der Waals surface area (Å²) in [5, 5.41) is 9.21. The molecule has 124 valence electrons. The highest BCUT2D eigenvalue weighted by Crippen LogP contribution is 2.27. The number of hydrogen-bond acceptors (Lipinski definition) is 3. The molecule has 1 atom stereocenters. The van der Waals surface area contributed by atoms with Gasteiger partial charge >= 0.3 is 5.97 Å². The first kappa shape index (κ1) is 16.0.